The van der Waals surface area contributed by atoms with Gasteiger partial charge in [0, 0.05) is 5.69 Å². The van der Waals surface area contributed by atoms with E-state index in [9.17, 15) is 13.2 Å². The fraction of sp³-hybridized carbons (Fsp3) is 0.421. The highest BCUT2D eigenvalue weighted by Gasteiger charge is 2.34. The normalized spacial score (nSPS) is 14.3. The molecule has 0 radical (unpaired) electrons. The number of hydrogen-bond acceptors (Lipinski definition) is 3. The van der Waals surface area contributed by atoms with Crippen LogP contribution in [0.25, 0.3) is 0 Å². The smallest absolute Gasteiger partial charge is 0.416 e. The number of methoxy groups -OCH3 is 1. The number of alkyl halides is 3. The van der Waals surface area contributed by atoms with Crippen LogP contribution in [-0.4, -0.2) is 19.5 Å². The molecule has 0 aliphatic heterocycles. The zero-order chi connectivity index (χ0) is 20.9. The van der Waals surface area contributed by atoms with Gasteiger partial charge < -0.3 is 16.2 Å². The quantitative estimate of drug-likeness (QED) is 0.211. The van der Waals surface area contributed by atoms with E-state index in [0.717, 1.165) is 11.6 Å². The number of rotatable bonds is 6. The monoisotopic (exact) mass is 447 g/mol. The summed E-state index contributed by atoms with van der Waals surface area (Å²) in [5, 5.41) is 0. The Hall–Kier alpha value is -1.96. The molecule has 0 spiro atoms. The van der Waals surface area contributed by atoms with Gasteiger partial charge in [-0.2, -0.15) is 13.2 Å². The predicted molar refractivity (Wildman–Crippen MR) is 108 cm³/mol. The van der Waals surface area contributed by atoms with Gasteiger partial charge in [0.25, 0.3) is 0 Å². The second-order valence-corrected chi connectivity index (χ2v) is 7.14. The summed E-state index contributed by atoms with van der Waals surface area (Å²) in [5.41, 5.74) is 13.0. The number of allylic oxidation sites excluding steroid dienone is 3. The first-order valence-electron chi connectivity index (χ1n) is 8.20. The lowest BCUT2D eigenvalue weighted by molar-refractivity contribution is -0.138. The number of amidine groups is 1. The molecule has 8 heteroatoms. The van der Waals surface area contributed by atoms with Crippen molar-refractivity contribution in [3.63, 3.8) is 0 Å². The van der Waals surface area contributed by atoms with Gasteiger partial charge in [-0.1, -0.05) is 0 Å². The van der Waals surface area contributed by atoms with Crippen LogP contribution in [0, 0.1) is 13.8 Å². The van der Waals surface area contributed by atoms with Crippen LogP contribution in [0.3, 0.4) is 0 Å². The third kappa shape index (κ3) is 6.30. The van der Waals surface area contributed by atoms with E-state index in [4.69, 9.17) is 16.2 Å². The summed E-state index contributed by atoms with van der Waals surface area (Å²) in [6.45, 7) is 6.86. The minimum atomic E-state index is -4.47. The lowest BCUT2D eigenvalue weighted by Crippen LogP contribution is -2.13. The standard InChI is InChI=1S/C19H25BrF3N3O/c1-10-15(11(2)18(25)8-16(10)19(21,22)23)6-14(9-26-13(4)24)7-17(20)12(3)27-5/h7-8H,6,9,25H2,1-5H3,(H2,24,26)/b14-7-,17-12-. The van der Waals surface area contributed by atoms with E-state index in [1.807, 2.05) is 0 Å². The van der Waals surface area contributed by atoms with Crippen LogP contribution < -0.4 is 11.5 Å². The summed E-state index contributed by atoms with van der Waals surface area (Å²) in [6.07, 6.45) is -2.42. The first kappa shape index (κ1) is 23.1. The molecule has 0 aromatic heterocycles. The number of benzene rings is 1. The average molecular weight is 448 g/mol. The summed E-state index contributed by atoms with van der Waals surface area (Å²) in [7, 11) is 1.54. The number of ether oxygens (including phenoxy) is 1. The number of nitrogens with two attached hydrogens (primary N) is 2. The molecule has 0 fully saturated rings. The summed E-state index contributed by atoms with van der Waals surface area (Å²) in [6, 6.07) is 0.991. The third-order valence-electron chi connectivity index (χ3n) is 4.26. The number of nitrogens with zero attached hydrogens (tertiary/aromatic N) is 1. The molecule has 0 aliphatic rings. The summed E-state index contributed by atoms with van der Waals surface area (Å²) in [5.74, 6) is 1.03. The Morgan fingerprint density at radius 1 is 1.26 bits per heavy atom. The number of halogens is 4. The maximum atomic E-state index is 13.4. The van der Waals surface area contributed by atoms with Crippen LogP contribution in [0.5, 0.6) is 0 Å². The zero-order valence-electron chi connectivity index (χ0n) is 16.1. The van der Waals surface area contributed by atoms with Gasteiger partial charge in [0.15, 0.2) is 0 Å². The molecule has 0 unspecified atom stereocenters. The molecule has 0 amide bonds. The number of aliphatic imine (C=N–C) groups is 1. The van der Waals surface area contributed by atoms with E-state index in [0.29, 0.717) is 27.2 Å². The second-order valence-electron chi connectivity index (χ2n) is 6.28. The van der Waals surface area contributed by atoms with Crippen molar-refractivity contribution in [2.45, 2.75) is 40.3 Å². The highest BCUT2D eigenvalue weighted by molar-refractivity contribution is 9.11. The maximum Gasteiger partial charge on any atom is 0.416 e. The molecule has 4 nitrogen and oxygen atoms in total. The molecule has 0 bridgehead atoms. The Labute approximate surface area is 166 Å². The molecular formula is C19H25BrF3N3O. The summed E-state index contributed by atoms with van der Waals surface area (Å²) < 4.78 is 45.9. The van der Waals surface area contributed by atoms with E-state index in [-0.39, 0.29) is 24.2 Å². The van der Waals surface area contributed by atoms with Gasteiger partial charge in [0.1, 0.15) is 5.76 Å². The van der Waals surface area contributed by atoms with Crippen LogP contribution >= 0.6 is 15.9 Å². The summed E-state index contributed by atoms with van der Waals surface area (Å²) in [4.78, 5) is 4.20. The van der Waals surface area contributed by atoms with Gasteiger partial charge >= 0.3 is 6.18 Å². The van der Waals surface area contributed by atoms with Gasteiger partial charge in [0.05, 0.1) is 29.5 Å². The second kappa shape index (κ2) is 9.30. The molecular weight excluding hydrogens is 423 g/mol. The number of anilines is 1. The zero-order valence-corrected chi connectivity index (χ0v) is 17.7. The molecule has 0 saturated heterocycles. The van der Waals surface area contributed by atoms with E-state index in [1.54, 1.807) is 26.8 Å². The first-order valence-corrected chi connectivity index (χ1v) is 8.99. The molecule has 0 saturated carbocycles. The van der Waals surface area contributed by atoms with Crippen LogP contribution in [0.15, 0.2) is 32.9 Å². The lowest BCUT2D eigenvalue weighted by atomic mass is 9.91. The Morgan fingerprint density at radius 3 is 2.33 bits per heavy atom. The maximum absolute atomic E-state index is 13.4. The van der Waals surface area contributed by atoms with Gasteiger partial charge in [-0.15, -0.1) is 0 Å². The van der Waals surface area contributed by atoms with Gasteiger partial charge in [0.2, 0.25) is 0 Å². The molecule has 0 aliphatic carbocycles. The SMILES string of the molecule is CO/C(C)=C(Br)/C=C(\CN=C(C)N)Cc1c(C)c(N)cc(C(F)(F)F)c1C. The Balaban J connectivity index is 3.51. The van der Waals surface area contributed by atoms with Crippen molar-refractivity contribution in [1.82, 2.24) is 0 Å². The molecule has 1 aromatic carbocycles. The van der Waals surface area contributed by atoms with Crippen LogP contribution in [0.2, 0.25) is 0 Å². The minimum Gasteiger partial charge on any atom is -0.500 e. The Bertz CT molecular complexity index is 792. The van der Waals surface area contributed by atoms with E-state index in [2.05, 4.69) is 20.9 Å². The van der Waals surface area contributed by atoms with Crippen molar-refractivity contribution in [2.75, 3.05) is 19.4 Å². The third-order valence-corrected chi connectivity index (χ3v) is 5.04. The average Bonchev–Trinajstić information content (AvgIpc) is 2.57. The van der Waals surface area contributed by atoms with Gasteiger partial charge in [-0.05, 0) is 84.5 Å². The van der Waals surface area contributed by atoms with Crippen molar-refractivity contribution in [3.05, 3.63) is 50.2 Å². The minimum absolute atomic E-state index is 0.114. The number of nitrogen functional groups attached to an aromatic ring is 1. The van der Waals surface area contributed by atoms with Crippen molar-refractivity contribution in [3.8, 4) is 0 Å². The van der Waals surface area contributed by atoms with Crippen LogP contribution in [0.4, 0.5) is 18.9 Å². The molecule has 0 atom stereocenters. The van der Waals surface area contributed by atoms with Crippen molar-refractivity contribution in [2.24, 2.45) is 10.7 Å². The molecule has 1 rings (SSSR count). The molecule has 4 N–H and O–H groups in total. The highest BCUT2D eigenvalue weighted by atomic mass is 79.9. The lowest BCUT2D eigenvalue weighted by Gasteiger charge is -2.19. The molecule has 150 valence electrons. The van der Waals surface area contributed by atoms with Crippen molar-refractivity contribution < 1.29 is 17.9 Å². The van der Waals surface area contributed by atoms with Crippen molar-refractivity contribution in [1.29, 1.82) is 0 Å². The molecule has 27 heavy (non-hydrogen) atoms. The first-order chi connectivity index (χ1) is 12.4. The van der Waals surface area contributed by atoms with E-state index >= 15 is 0 Å². The summed E-state index contributed by atoms with van der Waals surface area (Å²) >= 11 is 3.42. The largest absolute Gasteiger partial charge is 0.500 e. The van der Waals surface area contributed by atoms with Crippen molar-refractivity contribution >= 4 is 27.5 Å². The van der Waals surface area contributed by atoms with Crippen LogP contribution in [-0.2, 0) is 17.3 Å². The van der Waals surface area contributed by atoms with Gasteiger partial charge in [-0.25, -0.2) is 0 Å². The van der Waals surface area contributed by atoms with E-state index in [1.165, 1.54) is 14.0 Å². The van der Waals surface area contributed by atoms with E-state index < -0.39 is 11.7 Å². The van der Waals surface area contributed by atoms with Crippen LogP contribution in [0.1, 0.15) is 36.1 Å². The Morgan fingerprint density at radius 2 is 1.85 bits per heavy atom. The fourth-order valence-corrected chi connectivity index (χ4v) is 3.02. The fourth-order valence-electron chi connectivity index (χ4n) is 2.53. The molecule has 1 aromatic rings. The van der Waals surface area contributed by atoms with Gasteiger partial charge in [-0.3, -0.25) is 4.99 Å². The Kier molecular flexibility index (Phi) is 7.95. The number of hydrogen-bond donors (Lipinski definition) is 2. The molecule has 0 heterocycles. The highest BCUT2D eigenvalue weighted by Crippen LogP contribution is 2.37. The topological polar surface area (TPSA) is 73.6 Å². The predicted octanol–water partition coefficient (Wildman–Crippen LogP) is 5.02.